The summed E-state index contributed by atoms with van der Waals surface area (Å²) in [6.45, 7) is 2.96. The summed E-state index contributed by atoms with van der Waals surface area (Å²) >= 11 is 9.26. The molecule has 2 aromatic carbocycles. The van der Waals surface area contributed by atoms with E-state index in [-0.39, 0.29) is 11.9 Å². The molecular formula is C24H24ClN3OS2. The maximum absolute atomic E-state index is 13.8. The number of para-hydroxylation sites is 1. The number of anilines is 1. The lowest BCUT2D eigenvalue weighted by Gasteiger charge is -2.30. The molecule has 1 amide bonds. The van der Waals surface area contributed by atoms with Gasteiger partial charge in [0.25, 0.3) is 5.91 Å². The van der Waals surface area contributed by atoms with Gasteiger partial charge in [-0.2, -0.15) is 0 Å². The Morgan fingerprint density at radius 1 is 1.03 bits per heavy atom. The third-order valence-corrected chi connectivity index (χ3v) is 8.53. The Kier molecular flexibility index (Phi) is 6.04. The molecule has 4 nitrogen and oxygen atoms in total. The molecule has 2 fully saturated rings. The highest BCUT2D eigenvalue weighted by Crippen LogP contribution is 2.51. The van der Waals surface area contributed by atoms with Crippen LogP contribution in [0, 0.1) is 0 Å². The molecule has 2 aliphatic heterocycles. The molecule has 0 radical (unpaired) electrons. The van der Waals surface area contributed by atoms with Crippen LogP contribution in [-0.4, -0.2) is 28.6 Å². The van der Waals surface area contributed by atoms with Gasteiger partial charge in [0.05, 0.1) is 11.4 Å². The smallest absolute Gasteiger partial charge is 0.269 e. The average molecular weight is 470 g/mol. The highest BCUT2D eigenvalue weighted by atomic mass is 35.5. The van der Waals surface area contributed by atoms with Gasteiger partial charge in [-0.1, -0.05) is 54.8 Å². The molecule has 160 valence electrons. The first kappa shape index (κ1) is 21.0. The number of benzene rings is 2. The topological polar surface area (TPSA) is 35.9 Å². The predicted octanol–water partition coefficient (Wildman–Crippen LogP) is 7.04. The zero-order valence-electron chi connectivity index (χ0n) is 17.4. The van der Waals surface area contributed by atoms with Crippen LogP contribution in [0.5, 0.6) is 0 Å². The van der Waals surface area contributed by atoms with Crippen LogP contribution in [0.3, 0.4) is 0 Å². The lowest BCUT2D eigenvalue weighted by Crippen LogP contribution is -2.40. The van der Waals surface area contributed by atoms with Gasteiger partial charge >= 0.3 is 0 Å². The van der Waals surface area contributed by atoms with Crippen molar-refractivity contribution in [2.75, 3.05) is 11.4 Å². The summed E-state index contributed by atoms with van der Waals surface area (Å²) in [5.41, 5.74) is 2.00. The van der Waals surface area contributed by atoms with Crippen molar-refractivity contribution in [2.24, 2.45) is 4.99 Å². The minimum absolute atomic E-state index is 0.0957. The molecule has 7 heteroatoms. The standard InChI is InChI=1S/C24H24ClN3OS2/c1-2-27-19-10-6-7-11-20(19)30-23(27)21-22(29)28(18-8-4-3-5-9-18)24(31-21)26-17-14-12-16(25)13-15-17/h6-7,10-15,18H,2-5,8-9H2,1H3. The Morgan fingerprint density at radius 3 is 2.52 bits per heavy atom. The number of aliphatic imine (C=N–C) groups is 1. The molecule has 3 aliphatic rings. The van der Waals surface area contributed by atoms with E-state index in [4.69, 9.17) is 16.6 Å². The number of fused-ring (bicyclic) bond motifs is 1. The van der Waals surface area contributed by atoms with Gasteiger partial charge in [0.15, 0.2) is 5.17 Å². The van der Waals surface area contributed by atoms with Crippen molar-refractivity contribution < 1.29 is 4.79 Å². The number of hydrogen-bond donors (Lipinski definition) is 0. The Labute approximate surface area is 196 Å². The van der Waals surface area contributed by atoms with E-state index in [2.05, 4.69) is 36.1 Å². The van der Waals surface area contributed by atoms with Gasteiger partial charge in [0.1, 0.15) is 9.93 Å². The third kappa shape index (κ3) is 4.01. The van der Waals surface area contributed by atoms with Crippen LogP contribution in [0.15, 0.2) is 68.4 Å². The number of hydrogen-bond acceptors (Lipinski definition) is 5. The highest BCUT2D eigenvalue weighted by Gasteiger charge is 2.42. The van der Waals surface area contributed by atoms with E-state index >= 15 is 0 Å². The summed E-state index contributed by atoms with van der Waals surface area (Å²) in [6, 6.07) is 16.1. The zero-order valence-corrected chi connectivity index (χ0v) is 19.8. The number of nitrogens with zero attached hydrogens (tertiary/aromatic N) is 3. The van der Waals surface area contributed by atoms with Crippen molar-refractivity contribution in [3.8, 4) is 0 Å². The molecule has 1 saturated carbocycles. The number of halogens is 1. The summed E-state index contributed by atoms with van der Waals surface area (Å²) in [7, 11) is 0. The molecule has 1 saturated heterocycles. The van der Waals surface area contributed by atoms with E-state index in [1.54, 1.807) is 11.8 Å². The van der Waals surface area contributed by atoms with E-state index in [9.17, 15) is 4.79 Å². The van der Waals surface area contributed by atoms with Gasteiger partial charge in [-0.15, -0.1) is 0 Å². The molecule has 5 rings (SSSR count). The molecule has 0 spiro atoms. The average Bonchev–Trinajstić information content (AvgIpc) is 3.32. The van der Waals surface area contributed by atoms with Gasteiger partial charge in [-0.25, -0.2) is 4.99 Å². The van der Waals surface area contributed by atoms with Gasteiger partial charge in [0.2, 0.25) is 0 Å². The third-order valence-electron chi connectivity index (χ3n) is 5.92. The van der Waals surface area contributed by atoms with Crippen LogP contribution < -0.4 is 4.90 Å². The van der Waals surface area contributed by atoms with Crippen molar-refractivity contribution in [3.63, 3.8) is 0 Å². The second-order valence-corrected chi connectivity index (χ2v) is 10.3. The quantitative estimate of drug-likeness (QED) is 0.452. The monoisotopic (exact) mass is 469 g/mol. The van der Waals surface area contributed by atoms with E-state index < -0.39 is 0 Å². The first-order valence-corrected chi connectivity index (χ1v) is 12.8. The molecule has 0 aromatic heterocycles. The Balaban J connectivity index is 1.56. The first-order chi connectivity index (χ1) is 15.2. The SMILES string of the molecule is CCN1C(=C2SC(=Nc3ccc(Cl)cc3)N(C3CCCCC3)C2=O)Sc2ccccc21. The summed E-state index contributed by atoms with van der Waals surface area (Å²) in [5.74, 6) is 0.0957. The van der Waals surface area contributed by atoms with Crippen molar-refractivity contribution in [1.29, 1.82) is 0 Å². The summed E-state index contributed by atoms with van der Waals surface area (Å²) < 4.78 is 0. The first-order valence-electron chi connectivity index (χ1n) is 10.8. The van der Waals surface area contributed by atoms with Gasteiger partial charge in [0, 0.05) is 22.5 Å². The fourth-order valence-electron chi connectivity index (χ4n) is 4.40. The maximum Gasteiger partial charge on any atom is 0.269 e. The fraction of sp³-hybridized carbons (Fsp3) is 0.333. The van der Waals surface area contributed by atoms with Crippen molar-refractivity contribution >= 4 is 57.6 Å². The Bertz CT molecular complexity index is 1060. The number of carbonyl (C=O) groups excluding carboxylic acids is 1. The number of carbonyl (C=O) groups is 1. The Hall–Kier alpha value is -1.89. The number of amides is 1. The van der Waals surface area contributed by atoms with Crippen LogP contribution in [0.4, 0.5) is 11.4 Å². The molecular weight excluding hydrogens is 446 g/mol. The maximum atomic E-state index is 13.8. The zero-order chi connectivity index (χ0) is 21.4. The summed E-state index contributed by atoms with van der Waals surface area (Å²) in [4.78, 5) is 24.9. The molecule has 2 aromatic rings. The van der Waals surface area contributed by atoms with Crippen molar-refractivity contribution in [1.82, 2.24) is 4.90 Å². The number of amidine groups is 1. The lowest BCUT2D eigenvalue weighted by atomic mass is 9.94. The highest BCUT2D eigenvalue weighted by molar-refractivity contribution is 8.19. The van der Waals surface area contributed by atoms with Crippen LogP contribution in [0.25, 0.3) is 0 Å². The number of thioether (sulfide) groups is 2. The van der Waals surface area contributed by atoms with E-state index in [0.29, 0.717) is 5.02 Å². The number of rotatable bonds is 3. The van der Waals surface area contributed by atoms with Crippen LogP contribution in [0.2, 0.25) is 5.02 Å². The summed E-state index contributed by atoms with van der Waals surface area (Å²) in [5, 5.41) is 2.50. The molecule has 2 heterocycles. The lowest BCUT2D eigenvalue weighted by molar-refractivity contribution is -0.124. The van der Waals surface area contributed by atoms with E-state index in [1.165, 1.54) is 41.6 Å². The van der Waals surface area contributed by atoms with Crippen molar-refractivity contribution in [2.45, 2.75) is 50.0 Å². The summed E-state index contributed by atoms with van der Waals surface area (Å²) in [6.07, 6.45) is 5.66. The normalized spacial score (nSPS) is 23.2. The van der Waals surface area contributed by atoms with Crippen LogP contribution in [-0.2, 0) is 4.79 Å². The molecule has 0 bridgehead atoms. The fourth-order valence-corrected chi connectivity index (χ4v) is 6.98. The second-order valence-electron chi connectivity index (χ2n) is 7.89. The van der Waals surface area contributed by atoms with E-state index in [1.807, 2.05) is 29.2 Å². The molecule has 0 N–H and O–H groups in total. The largest absolute Gasteiger partial charge is 0.334 e. The van der Waals surface area contributed by atoms with E-state index in [0.717, 1.165) is 40.2 Å². The molecule has 0 atom stereocenters. The van der Waals surface area contributed by atoms with Crippen LogP contribution >= 0.6 is 35.1 Å². The van der Waals surface area contributed by atoms with Gasteiger partial charge in [-0.3, -0.25) is 9.69 Å². The molecule has 1 aliphatic carbocycles. The minimum atomic E-state index is 0.0957. The minimum Gasteiger partial charge on any atom is -0.334 e. The van der Waals surface area contributed by atoms with Gasteiger partial charge < -0.3 is 4.90 Å². The van der Waals surface area contributed by atoms with Crippen LogP contribution in [0.1, 0.15) is 39.0 Å². The van der Waals surface area contributed by atoms with Crippen molar-refractivity contribution in [3.05, 3.63) is 63.5 Å². The Morgan fingerprint density at radius 2 is 1.77 bits per heavy atom. The molecule has 0 unspecified atom stereocenters. The molecule has 31 heavy (non-hydrogen) atoms. The predicted molar refractivity (Wildman–Crippen MR) is 132 cm³/mol. The second kappa shape index (κ2) is 8.93. The van der Waals surface area contributed by atoms with Gasteiger partial charge in [-0.05, 0) is 67.9 Å².